The number of nitrogens with one attached hydrogen (secondary N) is 1. The summed E-state index contributed by atoms with van der Waals surface area (Å²) in [6.45, 7) is 9.77. The first-order valence-electron chi connectivity index (χ1n) is 7.79. The van der Waals surface area contributed by atoms with Crippen molar-refractivity contribution in [3.8, 4) is 0 Å². The van der Waals surface area contributed by atoms with Gasteiger partial charge in [-0.1, -0.05) is 43.1 Å². The van der Waals surface area contributed by atoms with Gasteiger partial charge in [-0.05, 0) is 50.4 Å². The molecule has 0 amide bonds. The Balaban J connectivity index is 2.31. The van der Waals surface area contributed by atoms with Gasteiger partial charge in [-0.15, -0.1) is 0 Å². The molecule has 21 heavy (non-hydrogen) atoms. The molecule has 5 unspecified atom stereocenters. The monoisotopic (exact) mass is 329 g/mol. The second kappa shape index (κ2) is 7.32. The summed E-state index contributed by atoms with van der Waals surface area (Å²) in [5.74, 6) is 0.938. The number of benzene rings is 1. The topological polar surface area (TPSA) is 21.3 Å². The third-order valence-corrected chi connectivity index (χ3v) is 5.36. The summed E-state index contributed by atoms with van der Waals surface area (Å²) >= 11 is 12.3. The minimum atomic E-state index is 0.235. The fourth-order valence-corrected chi connectivity index (χ4v) is 3.66. The molecule has 118 valence electrons. The van der Waals surface area contributed by atoms with Crippen molar-refractivity contribution >= 4 is 23.2 Å². The summed E-state index contributed by atoms with van der Waals surface area (Å²) in [6, 6.07) is 6.19. The molecule has 0 radical (unpaired) electrons. The van der Waals surface area contributed by atoms with Crippen LogP contribution in [0, 0.1) is 11.8 Å². The molecule has 2 nitrogen and oxygen atoms in total. The minimum Gasteiger partial charge on any atom is -0.375 e. The normalized spacial score (nSPS) is 30.6. The lowest BCUT2D eigenvalue weighted by molar-refractivity contribution is 0.0475. The molecule has 0 saturated carbocycles. The summed E-state index contributed by atoms with van der Waals surface area (Å²) in [4.78, 5) is 0. The molecule has 1 aromatic rings. The Hall–Kier alpha value is -0.280. The molecule has 1 aliphatic rings. The smallest absolute Gasteiger partial charge is 0.0600 e. The fraction of sp³-hybridized carbons (Fsp3) is 0.647. The van der Waals surface area contributed by atoms with Gasteiger partial charge in [-0.2, -0.15) is 0 Å². The van der Waals surface area contributed by atoms with E-state index in [0.29, 0.717) is 28.0 Å². The van der Waals surface area contributed by atoms with Gasteiger partial charge in [0.05, 0.1) is 22.3 Å². The number of hydrogen-bond donors (Lipinski definition) is 1. The largest absolute Gasteiger partial charge is 0.375 e. The van der Waals surface area contributed by atoms with E-state index >= 15 is 0 Å². The SMILES string of the molecule is CCCNC(c1ccc(Cl)c(Cl)c1)C1C(C)OC(C)C1C. The highest BCUT2D eigenvalue weighted by Crippen LogP contribution is 2.41. The first-order valence-corrected chi connectivity index (χ1v) is 8.55. The van der Waals surface area contributed by atoms with Crippen LogP contribution >= 0.6 is 23.2 Å². The quantitative estimate of drug-likeness (QED) is 0.811. The Morgan fingerprint density at radius 2 is 1.86 bits per heavy atom. The molecule has 0 aromatic heterocycles. The maximum atomic E-state index is 6.21. The van der Waals surface area contributed by atoms with Crippen molar-refractivity contribution in [2.24, 2.45) is 11.8 Å². The Bertz CT molecular complexity index is 480. The van der Waals surface area contributed by atoms with E-state index in [0.717, 1.165) is 13.0 Å². The van der Waals surface area contributed by atoms with Gasteiger partial charge >= 0.3 is 0 Å². The van der Waals surface area contributed by atoms with Gasteiger partial charge in [0, 0.05) is 12.0 Å². The van der Waals surface area contributed by atoms with Gasteiger partial charge in [0.15, 0.2) is 0 Å². The molecular weight excluding hydrogens is 305 g/mol. The van der Waals surface area contributed by atoms with Gasteiger partial charge in [-0.3, -0.25) is 0 Å². The van der Waals surface area contributed by atoms with Crippen LogP contribution in [0.1, 0.15) is 45.7 Å². The predicted octanol–water partition coefficient (Wildman–Crippen LogP) is 5.09. The number of halogens is 2. The minimum absolute atomic E-state index is 0.235. The van der Waals surface area contributed by atoms with Gasteiger partial charge in [0.1, 0.15) is 0 Å². The van der Waals surface area contributed by atoms with E-state index < -0.39 is 0 Å². The zero-order valence-corrected chi connectivity index (χ0v) is 14.7. The molecule has 2 rings (SSSR count). The molecule has 0 spiro atoms. The highest BCUT2D eigenvalue weighted by Gasteiger charge is 2.42. The van der Waals surface area contributed by atoms with Crippen LogP contribution in [0.3, 0.4) is 0 Å². The first-order chi connectivity index (χ1) is 9.95. The lowest BCUT2D eigenvalue weighted by atomic mass is 9.80. The van der Waals surface area contributed by atoms with Crippen LogP contribution in [0.4, 0.5) is 0 Å². The second-order valence-corrected chi connectivity index (χ2v) is 6.90. The highest BCUT2D eigenvalue weighted by molar-refractivity contribution is 6.42. The number of ether oxygens (including phenoxy) is 1. The van der Waals surface area contributed by atoms with Crippen molar-refractivity contribution in [2.75, 3.05) is 6.54 Å². The van der Waals surface area contributed by atoms with Gasteiger partial charge in [0.2, 0.25) is 0 Å². The van der Waals surface area contributed by atoms with E-state index in [1.807, 2.05) is 12.1 Å². The summed E-state index contributed by atoms with van der Waals surface area (Å²) in [5.41, 5.74) is 1.19. The van der Waals surface area contributed by atoms with E-state index in [-0.39, 0.29) is 12.1 Å². The zero-order valence-electron chi connectivity index (χ0n) is 13.2. The molecule has 5 atom stereocenters. The molecule has 1 fully saturated rings. The van der Waals surface area contributed by atoms with Crippen molar-refractivity contribution < 1.29 is 4.74 Å². The number of hydrogen-bond acceptors (Lipinski definition) is 2. The van der Waals surface area contributed by atoms with E-state index in [9.17, 15) is 0 Å². The van der Waals surface area contributed by atoms with Crippen LogP contribution in [0.25, 0.3) is 0 Å². The van der Waals surface area contributed by atoms with Crippen LogP contribution in [0.2, 0.25) is 10.0 Å². The first kappa shape index (κ1) is 17.1. The summed E-state index contributed by atoms with van der Waals surface area (Å²) in [6.07, 6.45) is 1.63. The fourth-order valence-electron chi connectivity index (χ4n) is 3.35. The molecular formula is C17H25Cl2NO. The molecule has 4 heteroatoms. The lowest BCUT2D eigenvalue weighted by Gasteiger charge is -2.30. The van der Waals surface area contributed by atoms with E-state index in [1.54, 1.807) is 0 Å². The maximum Gasteiger partial charge on any atom is 0.0600 e. The summed E-state index contributed by atoms with van der Waals surface area (Å²) in [5, 5.41) is 4.89. The van der Waals surface area contributed by atoms with E-state index in [1.165, 1.54) is 5.56 Å². The molecule has 1 N–H and O–H groups in total. The Morgan fingerprint density at radius 1 is 1.14 bits per heavy atom. The summed E-state index contributed by atoms with van der Waals surface area (Å²) in [7, 11) is 0. The number of rotatable bonds is 5. The zero-order chi connectivity index (χ0) is 15.6. The Kier molecular flexibility index (Phi) is 5.96. The van der Waals surface area contributed by atoms with Gasteiger partial charge in [0.25, 0.3) is 0 Å². The Labute approximate surface area is 138 Å². The van der Waals surface area contributed by atoms with Crippen LogP contribution in [-0.4, -0.2) is 18.8 Å². The van der Waals surface area contributed by atoms with Gasteiger partial charge in [-0.25, -0.2) is 0 Å². The molecule has 0 aliphatic carbocycles. The lowest BCUT2D eigenvalue weighted by Crippen LogP contribution is -2.35. The highest BCUT2D eigenvalue weighted by atomic mass is 35.5. The standard InChI is InChI=1S/C17H25Cl2NO/c1-5-8-20-17(13-6-7-14(18)15(19)9-13)16-10(2)11(3)21-12(16)4/h6-7,9-12,16-17,20H,5,8H2,1-4H3. The van der Waals surface area contributed by atoms with Crippen molar-refractivity contribution in [1.29, 1.82) is 0 Å². The van der Waals surface area contributed by atoms with Crippen LogP contribution < -0.4 is 5.32 Å². The van der Waals surface area contributed by atoms with Crippen molar-refractivity contribution in [1.82, 2.24) is 5.32 Å². The van der Waals surface area contributed by atoms with Crippen molar-refractivity contribution in [3.05, 3.63) is 33.8 Å². The van der Waals surface area contributed by atoms with Gasteiger partial charge < -0.3 is 10.1 Å². The van der Waals surface area contributed by atoms with Crippen LogP contribution in [-0.2, 0) is 4.74 Å². The maximum absolute atomic E-state index is 6.21. The average molecular weight is 330 g/mol. The molecule has 1 saturated heterocycles. The van der Waals surface area contributed by atoms with Crippen molar-refractivity contribution in [2.45, 2.75) is 52.4 Å². The van der Waals surface area contributed by atoms with Crippen LogP contribution in [0.15, 0.2) is 18.2 Å². The molecule has 1 heterocycles. The third kappa shape index (κ3) is 3.73. The van der Waals surface area contributed by atoms with Crippen LogP contribution in [0.5, 0.6) is 0 Å². The molecule has 1 aliphatic heterocycles. The molecule has 1 aromatic carbocycles. The van der Waals surface area contributed by atoms with E-state index in [2.05, 4.69) is 39.1 Å². The van der Waals surface area contributed by atoms with E-state index in [4.69, 9.17) is 27.9 Å². The Morgan fingerprint density at radius 3 is 2.38 bits per heavy atom. The molecule has 0 bridgehead atoms. The summed E-state index contributed by atoms with van der Waals surface area (Å²) < 4.78 is 6.02. The predicted molar refractivity (Wildman–Crippen MR) is 90.2 cm³/mol. The average Bonchev–Trinajstić information content (AvgIpc) is 2.69. The third-order valence-electron chi connectivity index (χ3n) is 4.62. The van der Waals surface area contributed by atoms with Crippen molar-refractivity contribution in [3.63, 3.8) is 0 Å². The second-order valence-electron chi connectivity index (χ2n) is 6.09.